The first-order chi connectivity index (χ1) is 12.0. The Labute approximate surface area is 154 Å². The van der Waals surface area contributed by atoms with Crippen LogP contribution in [0.2, 0.25) is 0 Å². The highest BCUT2D eigenvalue weighted by molar-refractivity contribution is 5.83. The van der Waals surface area contributed by atoms with Crippen molar-refractivity contribution < 1.29 is 34.7 Å². The van der Waals surface area contributed by atoms with Gasteiger partial charge in [0.1, 0.15) is 17.0 Å². The van der Waals surface area contributed by atoms with Crippen LogP contribution in [0.25, 0.3) is 0 Å². The standard InChI is InChI=1S/C19H32O7/c1-11-5-6-14(21)13-7-12(10-20)8-17(23)15(18(11,13)24)9-16(2,22)19(17,25-3)26-4/h11-13,15,20,22-24H,5-10H2,1-4H3/t11-,12-,13+,15-,16+,17-,18-/m1/s1. The Bertz CT molecular complexity index is 572. The molecule has 0 bridgehead atoms. The number of ether oxygens (including phenoxy) is 2. The fourth-order valence-corrected chi connectivity index (χ4v) is 6.36. The number of aliphatic hydroxyl groups is 4. The van der Waals surface area contributed by atoms with Crippen LogP contribution in [0.5, 0.6) is 0 Å². The van der Waals surface area contributed by atoms with Gasteiger partial charge in [-0.1, -0.05) is 6.92 Å². The lowest BCUT2D eigenvalue weighted by atomic mass is 9.59. The third kappa shape index (κ3) is 2.25. The third-order valence-electron chi connectivity index (χ3n) is 7.58. The average molecular weight is 372 g/mol. The molecule has 3 aliphatic rings. The summed E-state index contributed by atoms with van der Waals surface area (Å²) in [5, 5.41) is 44.7. The van der Waals surface area contributed by atoms with Crippen molar-refractivity contribution in [2.24, 2.45) is 23.7 Å². The fourth-order valence-electron chi connectivity index (χ4n) is 6.36. The number of carbonyl (C=O) groups is 1. The summed E-state index contributed by atoms with van der Waals surface area (Å²) in [4.78, 5) is 12.7. The van der Waals surface area contributed by atoms with Gasteiger partial charge in [0.25, 0.3) is 0 Å². The molecule has 0 unspecified atom stereocenters. The van der Waals surface area contributed by atoms with E-state index >= 15 is 0 Å². The van der Waals surface area contributed by atoms with Crippen LogP contribution in [-0.4, -0.2) is 69.6 Å². The highest BCUT2D eigenvalue weighted by atomic mass is 16.7. The molecule has 0 aromatic carbocycles. The minimum atomic E-state index is -1.76. The number of hydrogen-bond acceptors (Lipinski definition) is 7. The number of rotatable bonds is 3. The Morgan fingerprint density at radius 3 is 2.31 bits per heavy atom. The highest BCUT2D eigenvalue weighted by Gasteiger charge is 2.78. The lowest BCUT2D eigenvalue weighted by Crippen LogP contribution is -2.67. The van der Waals surface area contributed by atoms with Gasteiger partial charge in [-0.15, -0.1) is 0 Å². The van der Waals surface area contributed by atoms with Crippen molar-refractivity contribution in [2.75, 3.05) is 20.8 Å². The van der Waals surface area contributed by atoms with Gasteiger partial charge in [-0.2, -0.15) is 0 Å². The van der Waals surface area contributed by atoms with Gasteiger partial charge in [-0.3, -0.25) is 4.79 Å². The summed E-state index contributed by atoms with van der Waals surface area (Å²) in [7, 11) is 2.71. The predicted molar refractivity (Wildman–Crippen MR) is 92.1 cm³/mol. The van der Waals surface area contributed by atoms with Crippen molar-refractivity contribution in [3.63, 3.8) is 0 Å². The topological polar surface area (TPSA) is 116 Å². The minimum absolute atomic E-state index is 0.0357. The van der Waals surface area contributed by atoms with E-state index in [2.05, 4.69) is 0 Å². The zero-order valence-electron chi connectivity index (χ0n) is 16.1. The summed E-state index contributed by atoms with van der Waals surface area (Å²) in [6, 6.07) is 0. The molecular weight excluding hydrogens is 340 g/mol. The van der Waals surface area contributed by atoms with E-state index in [0.717, 1.165) is 0 Å². The molecule has 7 atom stereocenters. The van der Waals surface area contributed by atoms with Crippen molar-refractivity contribution in [1.29, 1.82) is 0 Å². The van der Waals surface area contributed by atoms with Gasteiger partial charge in [0.2, 0.25) is 5.79 Å². The molecule has 3 aliphatic carbocycles. The summed E-state index contributed by atoms with van der Waals surface area (Å²) < 4.78 is 11.1. The molecule has 4 N–H and O–H groups in total. The maximum Gasteiger partial charge on any atom is 0.226 e. The molecule has 0 aliphatic heterocycles. The van der Waals surface area contributed by atoms with Crippen molar-refractivity contribution in [2.45, 2.75) is 68.5 Å². The lowest BCUT2D eigenvalue weighted by molar-refractivity contribution is -0.353. The number of fused-ring (bicyclic) bond motifs is 3. The van der Waals surface area contributed by atoms with Gasteiger partial charge in [0.15, 0.2) is 0 Å². The van der Waals surface area contributed by atoms with Crippen molar-refractivity contribution in [3.05, 3.63) is 0 Å². The van der Waals surface area contributed by atoms with Crippen LogP contribution in [0.1, 0.15) is 46.0 Å². The number of carbonyl (C=O) groups excluding carboxylic acids is 1. The lowest BCUT2D eigenvalue weighted by Gasteiger charge is -2.51. The van der Waals surface area contributed by atoms with Crippen LogP contribution >= 0.6 is 0 Å². The average Bonchev–Trinajstić information content (AvgIpc) is 2.70. The van der Waals surface area contributed by atoms with Gasteiger partial charge < -0.3 is 29.9 Å². The molecule has 0 amide bonds. The molecule has 0 heterocycles. The fraction of sp³-hybridized carbons (Fsp3) is 0.947. The summed E-state index contributed by atoms with van der Waals surface area (Å²) in [6.45, 7) is 3.18. The second-order valence-electron chi connectivity index (χ2n) is 8.81. The molecular formula is C19H32O7. The summed E-state index contributed by atoms with van der Waals surface area (Å²) in [5.41, 5.74) is -4.81. The molecule has 3 saturated carbocycles. The zero-order valence-corrected chi connectivity index (χ0v) is 16.1. The predicted octanol–water partition coefficient (Wildman–Crippen LogP) is 0.226. The molecule has 7 heteroatoms. The molecule has 7 nitrogen and oxygen atoms in total. The second kappa shape index (κ2) is 6.22. The normalized spacial score (nSPS) is 50.8. The molecule has 26 heavy (non-hydrogen) atoms. The maximum atomic E-state index is 12.7. The van der Waals surface area contributed by atoms with Gasteiger partial charge in [-0.25, -0.2) is 0 Å². The number of Topliss-reactive ketones (excluding diaryl/α,β-unsaturated/α-hetero) is 1. The second-order valence-corrected chi connectivity index (χ2v) is 8.81. The van der Waals surface area contributed by atoms with Crippen LogP contribution in [0.15, 0.2) is 0 Å². The maximum absolute atomic E-state index is 12.7. The van der Waals surface area contributed by atoms with Gasteiger partial charge in [-0.05, 0) is 44.4 Å². The molecule has 0 radical (unpaired) electrons. The van der Waals surface area contributed by atoms with Gasteiger partial charge in [0.05, 0.1) is 5.60 Å². The Balaban J connectivity index is 2.23. The SMILES string of the molecule is COC1(OC)[C@@](C)(O)C[C@H]2[C@@]3(O)[C@H](C)CCC(=O)[C@@H]3C[C@@H](CO)C[C@@]21O. The largest absolute Gasteiger partial charge is 0.396 e. The summed E-state index contributed by atoms with van der Waals surface area (Å²) in [6.07, 6.45) is 1.32. The number of hydrogen-bond donors (Lipinski definition) is 4. The van der Waals surface area contributed by atoms with E-state index in [-0.39, 0.29) is 31.1 Å². The van der Waals surface area contributed by atoms with Crippen LogP contribution < -0.4 is 0 Å². The van der Waals surface area contributed by atoms with Crippen molar-refractivity contribution in [3.8, 4) is 0 Å². The smallest absolute Gasteiger partial charge is 0.226 e. The number of methoxy groups -OCH3 is 2. The first kappa shape index (κ1) is 20.2. The molecule has 0 saturated heterocycles. The molecule has 3 rings (SSSR count). The molecule has 0 spiro atoms. The van der Waals surface area contributed by atoms with Crippen molar-refractivity contribution in [1.82, 2.24) is 0 Å². The van der Waals surface area contributed by atoms with E-state index in [4.69, 9.17) is 9.47 Å². The van der Waals surface area contributed by atoms with E-state index in [9.17, 15) is 25.2 Å². The zero-order chi connectivity index (χ0) is 19.5. The summed E-state index contributed by atoms with van der Waals surface area (Å²) in [5.74, 6) is -3.94. The first-order valence-corrected chi connectivity index (χ1v) is 9.45. The highest BCUT2D eigenvalue weighted by Crippen LogP contribution is 2.63. The molecule has 0 aromatic heterocycles. The Hall–Kier alpha value is -0.570. The van der Waals surface area contributed by atoms with E-state index in [1.54, 1.807) is 0 Å². The van der Waals surface area contributed by atoms with Gasteiger partial charge >= 0.3 is 0 Å². The molecule has 0 aromatic rings. The van der Waals surface area contributed by atoms with E-state index in [1.165, 1.54) is 21.1 Å². The quantitative estimate of drug-likeness (QED) is 0.524. The molecule has 150 valence electrons. The van der Waals surface area contributed by atoms with E-state index in [0.29, 0.717) is 19.3 Å². The van der Waals surface area contributed by atoms with E-state index in [1.807, 2.05) is 6.92 Å². The van der Waals surface area contributed by atoms with Crippen LogP contribution in [0.3, 0.4) is 0 Å². The first-order valence-electron chi connectivity index (χ1n) is 9.45. The monoisotopic (exact) mass is 372 g/mol. The van der Waals surface area contributed by atoms with Crippen LogP contribution in [0.4, 0.5) is 0 Å². The van der Waals surface area contributed by atoms with Gasteiger partial charge in [0, 0.05) is 39.1 Å². The third-order valence-corrected chi connectivity index (χ3v) is 7.58. The van der Waals surface area contributed by atoms with Crippen LogP contribution in [-0.2, 0) is 14.3 Å². The van der Waals surface area contributed by atoms with E-state index < -0.39 is 40.3 Å². The Morgan fingerprint density at radius 1 is 1.15 bits per heavy atom. The number of aliphatic hydroxyl groups excluding tert-OH is 1. The summed E-state index contributed by atoms with van der Waals surface area (Å²) >= 11 is 0. The van der Waals surface area contributed by atoms with Crippen molar-refractivity contribution >= 4 is 5.78 Å². The Kier molecular flexibility index (Phi) is 4.83. The Morgan fingerprint density at radius 2 is 1.77 bits per heavy atom. The number of ketones is 1. The molecule has 3 fully saturated rings. The minimum Gasteiger partial charge on any atom is -0.396 e. The van der Waals surface area contributed by atoms with Crippen LogP contribution in [0, 0.1) is 23.7 Å².